The highest BCUT2D eigenvalue weighted by Crippen LogP contribution is 2.25. The number of nitrogens with zero attached hydrogens (tertiary/aromatic N) is 2. The molecule has 1 aromatic carbocycles. The lowest BCUT2D eigenvalue weighted by Gasteiger charge is -2.26. The van der Waals surface area contributed by atoms with Gasteiger partial charge in [0.25, 0.3) is 0 Å². The molecule has 2 amide bonds. The summed E-state index contributed by atoms with van der Waals surface area (Å²) in [4.78, 5) is 22.2. The van der Waals surface area contributed by atoms with Crippen LogP contribution in [0.1, 0.15) is 52.8 Å². The van der Waals surface area contributed by atoms with Crippen LogP contribution in [0.25, 0.3) is 11.0 Å². The fraction of sp³-hybridized carbons (Fsp3) is 0.600. The zero-order valence-electron chi connectivity index (χ0n) is 17.2. The summed E-state index contributed by atoms with van der Waals surface area (Å²) in [7, 11) is 1.83. The van der Waals surface area contributed by atoms with Crippen LogP contribution < -0.4 is 16.2 Å². The number of rotatable bonds is 4. The molecule has 0 aliphatic carbocycles. The van der Waals surface area contributed by atoms with Gasteiger partial charge in [0.05, 0.1) is 11.0 Å². The first-order valence-corrected chi connectivity index (χ1v) is 9.66. The van der Waals surface area contributed by atoms with Gasteiger partial charge in [-0.25, -0.2) is 9.78 Å². The van der Waals surface area contributed by atoms with Crippen LogP contribution in [-0.4, -0.2) is 46.6 Å². The Balaban J connectivity index is 1.59. The minimum Gasteiger partial charge on any atom is -0.342 e. The van der Waals surface area contributed by atoms with Gasteiger partial charge in [0, 0.05) is 37.3 Å². The Bertz CT molecular complexity index is 806. The molecule has 7 nitrogen and oxygen atoms in total. The molecule has 2 atom stereocenters. The topological polar surface area (TPSA) is 85.1 Å². The quantitative estimate of drug-likeness (QED) is 0.662. The lowest BCUT2D eigenvalue weighted by molar-refractivity contribution is 0.217. The van der Waals surface area contributed by atoms with E-state index in [4.69, 9.17) is 0 Å². The average Bonchev–Trinajstić information content (AvgIpc) is 3.20. The number of aromatic nitrogens is 2. The molecule has 1 aliphatic rings. The van der Waals surface area contributed by atoms with Crippen LogP contribution in [0.3, 0.4) is 0 Å². The highest BCUT2D eigenvalue weighted by atomic mass is 16.2. The number of imidazole rings is 1. The first kappa shape index (κ1) is 19.6. The molecule has 1 aromatic heterocycles. The van der Waals surface area contributed by atoms with E-state index in [0.29, 0.717) is 18.5 Å². The number of urea groups is 1. The summed E-state index contributed by atoms with van der Waals surface area (Å²) in [5.41, 5.74) is 9.48. The molecule has 7 heteroatoms. The number of H-pyrrole nitrogens is 1. The van der Waals surface area contributed by atoms with Crippen molar-refractivity contribution in [3.63, 3.8) is 0 Å². The second-order valence-corrected chi connectivity index (χ2v) is 8.96. The van der Waals surface area contributed by atoms with Gasteiger partial charge < -0.3 is 15.2 Å². The van der Waals surface area contributed by atoms with Gasteiger partial charge in [-0.2, -0.15) is 0 Å². The van der Waals surface area contributed by atoms with E-state index in [9.17, 15) is 4.79 Å². The predicted octanol–water partition coefficient (Wildman–Crippen LogP) is 3.43. The highest BCUT2D eigenvalue weighted by molar-refractivity contribution is 5.91. The monoisotopic (exact) mass is 372 g/mol. The van der Waals surface area contributed by atoms with Crippen LogP contribution in [0.4, 0.5) is 10.5 Å². The van der Waals surface area contributed by atoms with Gasteiger partial charge in [-0.05, 0) is 30.0 Å². The van der Waals surface area contributed by atoms with Crippen molar-refractivity contribution in [3.05, 3.63) is 24.0 Å². The Morgan fingerprint density at radius 2 is 2.07 bits per heavy atom. The van der Waals surface area contributed by atoms with Crippen molar-refractivity contribution in [2.45, 2.75) is 59.0 Å². The molecule has 27 heavy (non-hydrogen) atoms. The van der Waals surface area contributed by atoms with Crippen LogP contribution >= 0.6 is 0 Å². The first-order chi connectivity index (χ1) is 12.6. The number of aromatic amines is 1. The molecule has 0 bridgehead atoms. The van der Waals surface area contributed by atoms with Crippen LogP contribution in [-0.2, 0) is 0 Å². The number of hydrogen-bond donors (Lipinski definition) is 4. The van der Waals surface area contributed by atoms with Crippen molar-refractivity contribution in [3.8, 4) is 0 Å². The molecule has 0 spiro atoms. The third-order valence-corrected chi connectivity index (χ3v) is 5.17. The molecule has 2 aromatic rings. The van der Waals surface area contributed by atoms with Gasteiger partial charge in [0.1, 0.15) is 5.82 Å². The van der Waals surface area contributed by atoms with E-state index in [0.717, 1.165) is 29.0 Å². The number of hydrazine groups is 1. The lowest BCUT2D eigenvalue weighted by atomic mass is 9.84. The number of benzene rings is 1. The van der Waals surface area contributed by atoms with Crippen LogP contribution in [0.5, 0.6) is 0 Å². The number of anilines is 1. The lowest BCUT2D eigenvalue weighted by Crippen LogP contribution is -2.43. The number of amides is 2. The van der Waals surface area contributed by atoms with Crippen LogP contribution in [0.2, 0.25) is 0 Å². The summed E-state index contributed by atoms with van der Waals surface area (Å²) in [6.45, 7) is 11.5. The molecule has 1 fully saturated rings. The molecular weight excluding hydrogens is 340 g/mol. The number of likely N-dealkylation sites (N-methyl/N-ethyl adjacent to an activating group) is 1. The second-order valence-electron chi connectivity index (χ2n) is 8.96. The fourth-order valence-electron chi connectivity index (χ4n) is 3.32. The predicted molar refractivity (Wildman–Crippen MR) is 110 cm³/mol. The number of hydrogen-bond acceptors (Lipinski definition) is 4. The fourth-order valence-corrected chi connectivity index (χ4v) is 3.32. The molecule has 1 saturated heterocycles. The van der Waals surface area contributed by atoms with Crippen molar-refractivity contribution in [1.29, 1.82) is 0 Å². The normalized spacial score (nSPS) is 20.4. The van der Waals surface area contributed by atoms with E-state index in [2.05, 4.69) is 60.8 Å². The van der Waals surface area contributed by atoms with E-state index in [-0.39, 0.29) is 17.5 Å². The molecule has 2 unspecified atom stereocenters. The van der Waals surface area contributed by atoms with Crippen molar-refractivity contribution >= 4 is 22.8 Å². The van der Waals surface area contributed by atoms with Gasteiger partial charge in [-0.1, -0.05) is 34.6 Å². The maximum Gasteiger partial charge on any atom is 0.321 e. The van der Waals surface area contributed by atoms with Gasteiger partial charge >= 0.3 is 6.03 Å². The summed E-state index contributed by atoms with van der Waals surface area (Å²) in [5, 5.41) is 2.98. The number of fused-ring (bicyclic) bond motifs is 1. The minimum absolute atomic E-state index is 0.112. The standard InChI is InChI=1S/C20H32N6O/c1-12(2)18-22-15-8-7-13(9-16(15)23-18)21-19(27)26(6)11-14-10-17(25-24-14)20(3,4)5/h7-9,12,14,17,24-25H,10-11H2,1-6H3,(H,21,27)(H,22,23). The van der Waals surface area contributed by atoms with Crippen molar-refractivity contribution in [2.75, 3.05) is 18.9 Å². The maximum atomic E-state index is 12.6. The molecule has 0 saturated carbocycles. The summed E-state index contributed by atoms with van der Waals surface area (Å²) < 4.78 is 0. The van der Waals surface area contributed by atoms with E-state index in [1.165, 1.54) is 0 Å². The largest absolute Gasteiger partial charge is 0.342 e. The Labute approximate surface area is 161 Å². The van der Waals surface area contributed by atoms with Gasteiger partial charge in [-0.15, -0.1) is 0 Å². The smallest absolute Gasteiger partial charge is 0.321 e. The summed E-state index contributed by atoms with van der Waals surface area (Å²) in [6.07, 6.45) is 0.999. The molecule has 4 N–H and O–H groups in total. The Morgan fingerprint density at radius 1 is 1.33 bits per heavy atom. The highest BCUT2D eigenvalue weighted by Gasteiger charge is 2.33. The third kappa shape index (κ3) is 4.59. The average molecular weight is 373 g/mol. The van der Waals surface area contributed by atoms with Gasteiger partial charge in [0.15, 0.2) is 0 Å². The number of carbonyl (C=O) groups excluding carboxylic acids is 1. The summed E-state index contributed by atoms with van der Waals surface area (Å²) in [5.74, 6) is 1.30. The SMILES string of the molecule is CC(C)c1nc2ccc(NC(=O)N(C)CC3CC(C(C)(C)C)NN3)cc2[nH]1. The van der Waals surface area contributed by atoms with Crippen molar-refractivity contribution < 1.29 is 4.79 Å². The van der Waals surface area contributed by atoms with Crippen molar-refractivity contribution in [1.82, 2.24) is 25.7 Å². The molecule has 0 radical (unpaired) electrons. The molecule has 1 aliphatic heterocycles. The minimum atomic E-state index is -0.112. The van der Waals surface area contributed by atoms with E-state index < -0.39 is 0 Å². The molecule has 148 valence electrons. The second kappa shape index (κ2) is 7.48. The van der Waals surface area contributed by atoms with E-state index in [1.807, 2.05) is 25.2 Å². The zero-order valence-corrected chi connectivity index (χ0v) is 17.2. The Morgan fingerprint density at radius 3 is 2.70 bits per heavy atom. The van der Waals surface area contributed by atoms with E-state index in [1.54, 1.807) is 4.90 Å². The number of nitrogens with one attached hydrogen (secondary N) is 4. The molecule has 2 heterocycles. The Kier molecular flexibility index (Phi) is 5.44. The zero-order chi connectivity index (χ0) is 19.8. The molecule has 3 rings (SSSR count). The maximum absolute atomic E-state index is 12.6. The number of carbonyl (C=O) groups is 1. The van der Waals surface area contributed by atoms with Gasteiger partial charge in [0.2, 0.25) is 0 Å². The van der Waals surface area contributed by atoms with Crippen molar-refractivity contribution in [2.24, 2.45) is 5.41 Å². The Hall–Kier alpha value is -2.12. The molecular formula is C20H32N6O. The van der Waals surface area contributed by atoms with E-state index >= 15 is 0 Å². The van der Waals surface area contributed by atoms with Gasteiger partial charge in [-0.3, -0.25) is 10.9 Å². The van der Waals surface area contributed by atoms with Crippen LogP contribution in [0.15, 0.2) is 18.2 Å². The third-order valence-electron chi connectivity index (χ3n) is 5.17. The summed E-state index contributed by atoms with van der Waals surface area (Å²) in [6, 6.07) is 6.29. The van der Waals surface area contributed by atoms with Crippen LogP contribution in [0, 0.1) is 5.41 Å². The summed E-state index contributed by atoms with van der Waals surface area (Å²) >= 11 is 0. The first-order valence-electron chi connectivity index (χ1n) is 9.66.